The minimum atomic E-state index is -0.135. The summed E-state index contributed by atoms with van der Waals surface area (Å²) in [6, 6.07) is 15.6. The van der Waals surface area contributed by atoms with Gasteiger partial charge in [-0.15, -0.1) is 0 Å². The lowest BCUT2D eigenvalue weighted by Crippen LogP contribution is -2.27. The van der Waals surface area contributed by atoms with Gasteiger partial charge < -0.3 is 15.4 Å². The number of para-hydroxylation sites is 1. The predicted octanol–water partition coefficient (Wildman–Crippen LogP) is 3.97. The van der Waals surface area contributed by atoms with E-state index in [1.165, 1.54) is 11.1 Å². The van der Waals surface area contributed by atoms with Crippen LogP contribution in [0.25, 0.3) is 10.9 Å². The molecule has 0 atom stereocenters. The molecule has 1 aromatic heterocycles. The zero-order valence-electron chi connectivity index (χ0n) is 15.3. The van der Waals surface area contributed by atoms with Gasteiger partial charge in [-0.1, -0.05) is 24.3 Å². The predicted molar refractivity (Wildman–Crippen MR) is 105 cm³/mol. The van der Waals surface area contributed by atoms with E-state index in [2.05, 4.69) is 41.6 Å². The molecule has 0 saturated heterocycles. The third-order valence-corrected chi connectivity index (χ3v) is 4.33. The highest BCUT2D eigenvalue weighted by Crippen LogP contribution is 2.24. The number of pyridine rings is 1. The Bertz CT molecular complexity index is 938. The third kappa shape index (κ3) is 4.00. The maximum atomic E-state index is 12.6. The van der Waals surface area contributed by atoms with Crippen LogP contribution in [0.2, 0.25) is 0 Å². The van der Waals surface area contributed by atoms with E-state index < -0.39 is 0 Å². The summed E-state index contributed by atoms with van der Waals surface area (Å²) in [7, 11) is 1.61. The molecule has 3 aromatic rings. The largest absolute Gasteiger partial charge is 0.383 e. The van der Waals surface area contributed by atoms with Gasteiger partial charge in [-0.05, 0) is 49.2 Å². The highest BCUT2D eigenvalue weighted by atomic mass is 16.5. The number of fused-ring (bicyclic) bond motifs is 1. The molecule has 0 bridgehead atoms. The molecule has 0 aliphatic rings. The number of carbonyl (C=O) groups excluding carboxylic acids is 1. The summed E-state index contributed by atoms with van der Waals surface area (Å²) >= 11 is 0. The van der Waals surface area contributed by atoms with E-state index in [1.54, 1.807) is 13.2 Å². The Morgan fingerprint density at radius 2 is 1.88 bits per heavy atom. The first-order chi connectivity index (χ1) is 12.6. The maximum Gasteiger partial charge on any atom is 0.252 e. The van der Waals surface area contributed by atoms with Gasteiger partial charge in [-0.25, -0.2) is 4.98 Å². The Labute approximate surface area is 153 Å². The minimum Gasteiger partial charge on any atom is -0.383 e. The van der Waals surface area contributed by atoms with E-state index in [-0.39, 0.29) is 5.91 Å². The highest BCUT2D eigenvalue weighted by Gasteiger charge is 2.13. The van der Waals surface area contributed by atoms with Crippen LogP contribution < -0.4 is 10.6 Å². The van der Waals surface area contributed by atoms with Gasteiger partial charge in [0.05, 0.1) is 17.7 Å². The molecule has 0 spiro atoms. The summed E-state index contributed by atoms with van der Waals surface area (Å²) < 4.78 is 5.00. The second-order valence-electron chi connectivity index (χ2n) is 6.24. The Hall–Kier alpha value is -2.92. The van der Waals surface area contributed by atoms with Crippen molar-refractivity contribution in [1.29, 1.82) is 0 Å². The van der Waals surface area contributed by atoms with Crippen molar-refractivity contribution in [2.45, 2.75) is 13.8 Å². The first-order valence-corrected chi connectivity index (χ1v) is 8.59. The third-order valence-electron chi connectivity index (χ3n) is 4.33. The fraction of sp³-hybridized carbons (Fsp3) is 0.238. The molecule has 3 rings (SSSR count). The van der Waals surface area contributed by atoms with Crippen LogP contribution in [0, 0.1) is 13.8 Å². The number of hydrogen-bond donors (Lipinski definition) is 2. The van der Waals surface area contributed by atoms with Crippen molar-refractivity contribution in [3.8, 4) is 0 Å². The number of aromatic nitrogens is 1. The van der Waals surface area contributed by atoms with Crippen LogP contribution in [0.15, 0.2) is 48.5 Å². The van der Waals surface area contributed by atoms with Crippen LogP contribution in [0.5, 0.6) is 0 Å². The molecule has 0 unspecified atom stereocenters. The second-order valence-corrected chi connectivity index (χ2v) is 6.24. The molecular formula is C21H23N3O2. The molecule has 5 nitrogen and oxygen atoms in total. The number of benzene rings is 2. The average Bonchev–Trinajstić information content (AvgIpc) is 2.64. The van der Waals surface area contributed by atoms with E-state index in [4.69, 9.17) is 4.74 Å². The number of ether oxygens (including phenoxy) is 1. The molecule has 1 heterocycles. The Balaban J connectivity index is 1.95. The molecule has 134 valence electrons. The van der Waals surface area contributed by atoms with Crippen molar-refractivity contribution in [1.82, 2.24) is 10.3 Å². The van der Waals surface area contributed by atoms with Gasteiger partial charge in [0.25, 0.3) is 5.91 Å². The van der Waals surface area contributed by atoms with Crippen LogP contribution in [0.4, 0.5) is 11.5 Å². The second kappa shape index (κ2) is 7.97. The SMILES string of the molecule is COCCNC(=O)c1cc(Nc2ccc(C)c(C)c2)nc2ccccc12. The van der Waals surface area contributed by atoms with E-state index >= 15 is 0 Å². The molecule has 2 N–H and O–H groups in total. The number of hydrogen-bond acceptors (Lipinski definition) is 4. The van der Waals surface area contributed by atoms with Crippen molar-refractivity contribution in [2.75, 3.05) is 25.6 Å². The minimum absolute atomic E-state index is 0.135. The quantitative estimate of drug-likeness (QED) is 0.661. The van der Waals surface area contributed by atoms with Crippen LogP contribution in [0.1, 0.15) is 21.5 Å². The number of carbonyl (C=O) groups is 1. The summed E-state index contributed by atoms with van der Waals surface area (Å²) in [4.78, 5) is 17.3. The van der Waals surface area contributed by atoms with E-state index in [0.29, 0.717) is 24.5 Å². The molecule has 0 radical (unpaired) electrons. The molecule has 0 fully saturated rings. The lowest BCUT2D eigenvalue weighted by molar-refractivity contribution is 0.0938. The van der Waals surface area contributed by atoms with Crippen LogP contribution in [-0.2, 0) is 4.74 Å². The molecule has 1 amide bonds. The van der Waals surface area contributed by atoms with Gasteiger partial charge in [0, 0.05) is 24.7 Å². The average molecular weight is 349 g/mol. The van der Waals surface area contributed by atoms with Crippen LogP contribution >= 0.6 is 0 Å². The number of rotatable bonds is 6. The monoisotopic (exact) mass is 349 g/mol. The van der Waals surface area contributed by atoms with Crippen molar-refractivity contribution in [3.63, 3.8) is 0 Å². The van der Waals surface area contributed by atoms with Crippen molar-refractivity contribution >= 4 is 28.3 Å². The number of aryl methyl sites for hydroxylation is 2. The van der Waals surface area contributed by atoms with E-state index in [1.807, 2.05) is 30.3 Å². The van der Waals surface area contributed by atoms with Crippen molar-refractivity contribution in [3.05, 3.63) is 65.2 Å². The van der Waals surface area contributed by atoms with Gasteiger partial charge in [0.15, 0.2) is 0 Å². The molecule has 5 heteroatoms. The Kier molecular flexibility index (Phi) is 5.49. The lowest BCUT2D eigenvalue weighted by Gasteiger charge is -2.12. The highest BCUT2D eigenvalue weighted by molar-refractivity contribution is 6.07. The first-order valence-electron chi connectivity index (χ1n) is 8.59. The van der Waals surface area contributed by atoms with Crippen molar-refractivity contribution in [2.24, 2.45) is 0 Å². The molecule has 0 saturated carbocycles. The fourth-order valence-electron chi connectivity index (χ4n) is 2.76. The van der Waals surface area contributed by atoms with Gasteiger partial charge in [-0.2, -0.15) is 0 Å². The van der Waals surface area contributed by atoms with Gasteiger partial charge in [0.1, 0.15) is 5.82 Å². The normalized spacial score (nSPS) is 10.7. The van der Waals surface area contributed by atoms with Gasteiger partial charge >= 0.3 is 0 Å². The van der Waals surface area contributed by atoms with Crippen LogP contribution in [0.3, 0.4) is 0 Å². The maximum absolute atomic E-state index is 12.6. The zero-order chi connectivity index (χ0) is 18.5. The lowest BCUT2D eigenvalue weighted by atomic mass is 10.1. The van der Waals surface area contributed by atoms with Crippen molar-refractivity contribution < 1.29 is 9.53 Å². The van der Waals surface area contributed by atoms with E-state index in [0.717, 1.165) is 16.6 Å². The summed E-state index contributed by atoms with van der Waals surface area (Å²) in [5.74, 6) is 0.507. The zero-order valence-corrected chi connectivity index (χ0v) is 15.3. The standard InChI is InChI=1S/C21H23N3O2/c1-14-8-9-16(12-15(14)2)23-20-13-18(21(25)22-10-11-26-3)17-6-4-5-7-19(17)24-20/h4-9,12-13H,10-11H2,1-3H3,(H,22,25)(H,23,24). The smallest absolute Gasteiger partial charge is 0.252 e. The molecule has 26 heavy (non-hydrogen) atoms. The number of nitrogens with one attached hydrogen (secondary N) is 2. The fourth-order valence-corrected chi connectivity index (χ4v) is 2.76. The molecule has 2 aromatic carbocycles. The Morgan fingerprint density at radius 1 is 1.08 bits per heavy atom. The number of anilines is 2. The van der Waals surface area contributed by atoms with E-state index in [9.17, 15) is 4.79 Å². The van der Waals surface area contributed by atoms with Gasteiger partial charge in [0.2, 0.25) is 0 Å². The topological polar surface area (TPSA) is 63.2 Å². The summed E-state index contributed by atoms with van der Waals surface area (Å²) in [6.45, 7) is 5.09. The Morgan fingerprint density at radius 3 is 2.65 bits per heavy atom. The van der Waals surface area contributed by atoms with Gasteiger partial charge in [-0.3, -0.25) is 4.79 Å². The first kappa shape index (κ1) is 17.9. The molecule has 0 aliphatic carbocycles. The summed E-state index contributed by atoms with van der Waals surface area (Å²) in [5.41, 5.74) is 4.76. The molecular weight excluding hydrogens is 326 g/mol. The number of nitrogens with zero attached hydrogens (tertiary/aromatic N) is 1. The van der Waals surface area contributed by atoms with Crippen LogP contribution in [-0.4, -0.2) is 31.2 Å². The number of amides is 1. The molecule has 0 aliphatic heterocycles. The summed E-state index contributed by atoms with van der Waals surface area (Å²) in [5, 5.41) is 7.02. The number of methoxy groups -OCH3 is 1. The summed E-state index contributed by atoms with van der Waals surface area (Å²) in [6.07, 6.45) is 0.